The topological polar surface area (TPSA) is 49.8 Å². The van der Waals surface area contributed by atoms with E-state index in [4.69, 9.17) is 0 Å². The number of thioether (sulfide) groups is 1. The van der Waals surface area contributed by atoms with Gasteiger partial charge < -0.3 is 10.6 Å². The maximum atomic E-state index is 4.32. The highest BCUT2D eigenvalue weighted by atomic mass is 32.2. The van der Waals surface area contributed by atoms with Gasteiger partial charge in [-0.1, -0.05) is 0 Å². The number of nitrogens with one attached hydrogen (secondary N) is 2. The molecule has 4 nitrogen and oxygen atoms in total. The molecule has 0 aliphatic heterocycles. The largest absolute Gasteiger partial charge is 0.370 e. The van der Waals surface area contributed by atoms with Gasteiger partial charge in [0.2, 0.25) is 0 Å². The van der Waals surface area contributed by atoms with Crippen molar-refractivity contribution in [3.05, 3.63) is 11.9 Å². The van der Waals surface area contributed by atoms with Crippen LogP contribution in [0.1, 0.15) is 12.7 Å². The summed E-state index contributed by atoms with van der Waals surface area (Å²) in [5.41, 5.74) is 0. The van der Waals surface area contributed by atoms with E-state index in [0.717, 1.165) is 36.3 Å². The number of rotatable bonds is 6. The molecule has 0 atom stereocenters. The highest BCUT2D eigenvalue weighted by Gasteiger charge is 1.99. The molecule has 15 heavy (non-hydrogen) atoms. The smallest absolute Gasteiger partial charge is 0.131 e. The minimum Gasteiger partial charge on any atom is -0.370 e. The fourth-order valence-corrected chi connectivity index (χ4v) is 1.52. The molecule has 84 valence electrons. The molecule has 0 saturated carbocycles. The Labute approximate surface area is 95.3 Å². The molecular formula is C10H18N4S. The van der Waals surface area contributed by atoms with Gasteiger partial charge in [0.25, 0.3) is 0 Å². The van der Waals surface area contributed by atoms with Crippen LogP contribution in [0.5, 0.6) is 0 Å². The number of nitrogens with zero attached hydrogens (tertiary/aromatic N) is 2. The van der Waals surface area contributed by atoms with E-state index in [1.165, 1.54) is 0 Å². The van der Waals surface area contributed by atoms with Crippen LogP contribution in [-0.4, -0.2) is 35.1 Å². The molecule has 0 amide bonds. The Morgan fingerprint density at radius 1 is 1.27 bits per heavy atom. The third kappa shape index (κ3) is 4.38. The Bertz CT molecular complexity index is 303. The average molecular weight is 226 g/mol. The fraction of sp³-hybridized carbons (Fsp3) is 0.600. The third-order valence-electron chi connectivity index (χ3n) is 1.81. The van der Waals surface area contributed by atoms with Gasteiger partial charge in [-0.25, -0.2) is 9.97 Å². The second-order valence-corrected chi connectivity index (χ2v) is 4.12. The predicted molar refractivity (Wildman–Crippen MR) is 67.8 cm³/mol. The SMILES string of the molecule is CCNc1cc(NCCSC)nc(C)n1. The standard InChI is InChI=1S/C10H18N4S/c1-4-11-9-7-10(12-5-6-15-3)14-8(2)13-9/h7H,4-6H2,1-3H3,(H2,11,12,13,14). The molecule has 1 aromatic rings. The minimum atomic E-state index is 0.792. The average Bonchev–Trinajstić information content (AvgIpc) is 2.18. The minimum absolute atomic E-state index is 0.792. The highest BCUT2D eigenvalue weighted by molar-refractivity contribution is 7.98. The van der Waals surface area contributed by atoms with Crippen molar-refractivity contribution in [3.8, 4) is 0 Å². The van der Waals surface area contributed by atoms with E-state index in [2.05, 4.69) is 33.8 Å². The first-order valence-corrected chi connectivity index (χ1v) is 6.48. The Kier molecular flexibility index (Phi) is 5.25. The molecule has 0 aromatic carbocycles. The van der Waals surface area contributed by atoms with Gasteiger partial charge in [0, 0.05) is 24.9 Å². The summed E-state index contributed by atoms with van der Waals surface area (Å²) in [4.78, 5) is 8.60. The Morgan fingerprint density at radius 3 is 2.53 bits per heavy atom. The van der Waals surface area contributed by atoms with Crippen molar-refractivity contribution in [2.75, 3.05) is 35.7 Å². The molecule has 1 rings (SSSR count). The summed E-state index contributed by atoms with van der Waals surface area (Å²) < 4.78 is 0. The number of hydrogen-bond donors (Lipinski definition) is 2. The van der Waals surface area contributed by atoms with Crippen LogP contribution in [0, 0.1) is 6.92 Å². The Hall–Kier alpha value is -0.970. The van der Waals surface area contributed by atoms with E-state index in [0.29, 0.717) is 0 Å². The maximum absolute atomic E-state index is 4.32. The molecular weight excluding hydrogens is 208 g/mol. The molecule has 1 heterocycles. The number of hydrogen-bond acceptors (Lipinski definition) is 5. The van der Waals surface area contributed by atoms with Gasteiger partial charge in [0.15, 0.2) is 0 Å². The molecule has 0 aliphatic rings. The van der Waals surface area contributed by atoms with E-state index < -0.39 is 0 Å². The van der Waals surface area contributed by atoms with Crippen LogP contribution in [0.15, 0.2) is 6.07 Å². The van der Waals surface area contributed by atoms with Crippen LogP contribution < -0.4 is 10.6 Å². The quantitative estimate of drug-likeness (QED) is 0.727. The van der Waals surface area contributed by atoms with Gasteiger partial charge >= 0.3 is 0 Å². The zero-order valence-electron chi connectivity index (χ0n) is 9.50. The molecule has 5 heteroatoms. The first kappa shape index (κ1) is 12.1. The summed E-state index contributed by atoms with van der Waals surface area (Å²) >= 11 is 1.82. The molecule has 2 N–H and O–H groups in total. The fourth-order valence-electron chi connectivity index (χ4n) is 1.21. The van der Waals surface area contributed by atoms with Crippen LogP contribution in [-0.2, 0) is 0 Å². The van der Waals surface area contributed by atoms with E-state index in [1.54, 1.807) is 0 Å². The van der Waals surface area contributed by atoms with Crippen molar-refractivity contribution in [1.82, 2.24) is 9.97 Å². The van der Waals surface area contributed by atoms with Crippen molar-refractivity contribution in [1.29, 1.82) is 0 Å². The lowest BCUT2D eigenvalue weighted by molar-refractivity contribution is 1.02. The first-order valence-electron chi connectivity index (χ1n) is 5.08. The van der Waals surface area contributed by atoms with Gasteiger partial charge in [0.1, 0.15) is 17.5 Å². The highest BCUT2D eigenvalue weighted by Crippen LogP contribution is 2.10. The zero-order valence-corrected chi connectivity index (χ0v) is 10.3. The van der Waals surface area contributed by atoms with Crippen LogP contribution in [0.2, 0.25) is 0 Å². The van der Waals surface area contributed by atoms with Gasteiger partial charge in [-0.3, -0.25) is 0 Å². The van der Waals surface area contributed by atoms with E-state index >= 15 is 0 Å². The summed E-state index contributed by atoms with van der Waals surface area (Å²) in [6, 6.07) is 1.94. The lowest BCUT2D eigenvalue weighted by Gasteiger charge is -2.08. The number of anilines is 2. The summed E-state index contributed by atoms with van der Waals surface area (Å²) in [7, 11) is 0. The van der Waals surface area contributed by atoms with Gasteiger partial charge in [-0.2, -0.15) is 11.8 Å². The van der Waals surface area contributed by atoms with Crippen molar-refractivity contribution >= 4 is 23.4 Å². The Morgan fingerprint density at radius 2 is 1.93 bits per heavy atom. The van der Waals surface area contributed by atoms with Crippen LogP contribution in [0.25, 0.3) is 0 Å². The van der Waals surface area contributed by atoms with Crippen LogP contribution in [0.4, 0.5) is 11.6 Å². The van der Waals surface area contributed by atoms with E-state index in [9.17, 15) is 0 Å². The summed E-state index contributed by atoms with van der Waals surface area (Å²) in [5, 5.41) is 6.46. The summed E-state index contributed by atoms with van der Waals surface area (Å²) in [5.74, 6) is 3.66. The molecule has 0 spiro atoms. The molecule has 0 fully saturated rings. The lowest BCUT2D eigenvalue weighted by Crippen LogP contribution is -2.08. The normalized spacial score (nSPS) is 10.1. The summed E-state index contributed by atoms with van der Waals surface area (Å²) in [6.07, 6.45) is 2.09. The van der Waals surface area contributed by atoms with Crippen molar-refractivity contribution in [3.63, 3.8) is 0 Å². The zero-order chi connectivity index (χ0) is 11.1. The molecule has 0 saturated heterocycles. The molecule has 0 unspecified atom stereocenters. The molecule has 0 bridgehead atoms. The molecule has 0 radical (unpaired) electrons. The third-order valence-corrected chi connectivity index (χ3v) is 2.42. The number of aryl methyl sites for hydroxylation is 1. The molecule has 1 aromatic heterocycles. The number of aromatic nitrogens is 2. The van der Waals surface area contributed by atoms with Crippen LogP contribution >= 0.6 is 11.8 Å². The second kappa shape index (κ2) is 6.50. The van der Waals surface area contributed by atoms with Gasteiger partial charge in [-0.05, 0) is 20.1 Å². The predicted octanol–water partition coefficient (Wildman–Crippen LogP) is 1.99. The summed E-state index contributed by atoms with van der Waals surface area (Å²) in [6.45, 7) is 5.77. The van der Waals surface area contributed by atoms with E-state index in [-0.39, 0.29) is 0 Å². The van der Waals surface area contributed by atoms with Crippen molar-refractivity contribution in [2.45, 2.75) is 13.8 Å². The lowest BCUT2D eigenvalue weighted by atomic mass is 10.4. The Balaban J connectivity index is 2.62. The van der Waals surface area contributed by atoms with Crippen molar-refractivity contribution < 1.29 is 0 Å². The van der Waals surface area contributed by atoms with Crippen LogP contribution in [0.3, 0.4) is 0 Å². The van der Waals surface area contributed by atoms with Crippen molar-refractivity contribution in [2.24, 2.45) is 0 Å². The van der Waals surface area contributed by atoms with E-state index in [1.807, 2.05) is 24.8 Å². The maximum Gasteiger partial charge on any atom is 0.131 e. The first-order chi connectivity index (χ1) is 7.26. The van der Waals surface area contributed by atoms with Gasteiger partial charge in [-0.15, -0.1) is 0 Å². The monoisotopic (exact) mass is 226 g/mol. The van der Waals surface area contributed by atoms with Gasteiger partial charge in [0.05, 0.1) is 0 Å². The second-order valence-electron chi connectivity index (χ2n) is 3.14. The molecule has 0 aliphatic carbocycles.